The summed E-state index contributed by atoms with van der Waals surface area (Å²) in [6, 6.07) is 24.9. The summed E-state index contributed by atoms with van der Waals surface area (Å²) in [5.41, 5.74) is 6.75. The highest BCUT2D eigenvalue weighted by Crippen LogP contribution is 2.43. The van der Waals surface area contributed by atoms with Crippen LogP contribution in [-0.2, 0) is 0 Å². The highest BCUT2D eigenvalue weighted by Gasteiger charge is 2.42. The number of benzene rings is 2. The van der Waals surface area contributed by atoms with Gasteiger partial charge in [0.15, 0.2) is 5.11 Å². The van der Waals surface area contributed by atoms with Crippen LogP contribution < -0.4 is 10.2 Å². The predicted octanol–water partition coefficient (Wildman–Crippen LogP) is 7.19. The molecule has 0 radical (unpaired) electrons. The molecule has 4 nitrogen and oxygen atoms in total. The minimum absolute atomic E-state index is 0.0380. The lowest BCUT2D eigenvalue weighted by atomic mass is 9.96. The maximum absolute atomic E-state index is 5.86. The van der Waals surface area contributed by atoms with Gasteiger partial charge in [-0.05, 0) is 98.4 Å². The summed E-state index contributed by atoms with van der Waals surface area (Å²) in [6.45, 7) is 4.33. The predicted molar refractivity (Wildman–Crippen MR) is 145 cm³/mol. The van der Waals surface area contributed by atoms with Gasteiger partial charge >= 0.3 is 0 Å². The number of anilines is 1. The second kappa shape index (κ2) is 9.05. The van der Waals surface area contributed by atoms with Crippen molar-refractivity contribution >= 4 is 54.9 Å². The molecular formula is C26H22Br2N4S. The van der Waals surface area contributed by atoms with Gasteiger partial charge in [-0.3, -0.25) is 4.98 Å². The van der Waals surface area contributed by atoms with Crippen LogP contribution in [0.1, 0.15) is 34.7 Å². The molecule has 2 aromatic heterocycles. The van der Waals surface area contributed by atoms with Crippen molar-refractivity contribution in [3.63, 3.8) is 0 Å². The van der Waals surface area contributed by atoms with Crippen LogP contribution in [0.15, 0.2) is 87.9 Å². The highest BCUT2D eigenvalue weighted by atomic mass is 79.9. The van der Waals surface area contributed by atoms with Crippen molar-refractivity contribution in [1.29, 1.82) is 0 Å². The number of hydrogen-bond donors (Lipinski definition) is 1. The summed E-state index contributed by atoms with van der Waals surface area (Å²) < 4.78 is 4.41. The first-order chi connectivity index (χ1) is 15.9. The molecule has 166 valence electrons. The molecule has 0 saturated carbocycles. The molecule has 2 atom stereocenters. The van der Waals surface area contributed by atoms with Crippen LogP contribution in [0.4, 0.5) is 5.69 Å². The number of halogens is 2. The molecule has 0 amide bonds. The standard InChI is InChI=1S/C26H22Br2N4S/c1-16-15-22(17(2)31(16)20-10-6-18(27)7-11-20)25-24(23-5-3-4-14-29-23)30-26(33)32(25)21-12-8-19(28)9-13-21/h3-15,24-25H,1-2H3,(H,30,33)/t24-,25+/m0/s1. The molecule has 0 bridgehead atoms. The average Bonchev–Trinajstić information content (AvgIpc) is 3.31. The Kier molecular flexibility index (Phi) is 6.12. The van der Waals surface area contributed by atoms with Crippen molar-refractivity contribution in [3.05, 3.63) is 111 Å². The van der Waals surface area contributed by atoms with E-state index in [0.29, 0.717) is 5.11 Å². The van der Waals surface area contributed by atoms with Crippen molar-refractivity contribution in [2.75, 3.05) is 4.90 Å². The summed E-state index contributed by atoms with van der Waals surface area (Å²) in [5.74, 6) is 0. The number of pyridine rings is 1. The molecule has 1 aliphatic heterocycles. The van der Waals surface area contributed by atoms with Gasteiger partial charge in [0.1, 0.15) is 0 Å². The van der Waals surface area contributed by atoms with E-state index in [1.54, 1.807) is 0 Å². The summed E-state index contributed by atoms with van der Waals surface area (Å²) in [5, 5.41) is 4.25. The molecular weight excluding hydrogens is 560 g/mol. The van der Waals surface area contributed by atoms with E-state index in [1.807, 2.05) is 30.5 Å². The van der Waals surface area contributed by atoms with Gasteiger partial charge < -0.3 is 14.8 Å². The van der Waals surface area contributed by atoms with Crippen LogP contribution in [-0.4, -0.2) is 14.7 Å². The van der Waals surface area contributed by atoms with Crippen molar-refractivity contribution in [2.24, 2.45) is 0 Å². The van der Waals surface area contributed by atoms with E-state index in [4.69, 9.17) is 12.2 Å². The molecule has 1 aliphatic rings. The monoisotopic (exact) mass is 580 g/mol. The van der Waals surface area contributed by atoms with Crippen molar-refractivity contribution in [3.8, 4) is 5.69 Å². The Bertz CT molecular complexity index is 1300. The summed E-state index contributed by atoms with van der Waals surface area (Å²) in [6.07, 6.45) is 1.84. The molecule has 3 heterocycles. The first-order valence-electron chi connectivity index (χ1n) is 10.6. The Balaban J connectivity index is 1.67. The molecule has 7 heteroatoms. The molecule has 0 spiro atoms. The third kappa shape index (κ3) is 4.14. The normalized spacial score (nSPS) is 17.9. The van der Waals surface area contributed by atoms with Crippen LogP contribution in [0.25, 0.3) is 5.69 Å². The molecule has 1 N–H and O–H groups in total. The van der Waals surface area contributed by atoms with E-state index in [2.05, 4.69) is 114 Å². The second-order valence-electron chi connectivity index (χ2n) is 8.11. The van der Waals surface area contributed by atoms with Crippen LogP contribution in [0.3, 0.4) is 0 Å². The Morgan fingerprint density at radius 3 is 2.12 bits per heavy atom. The van der Waals surface area contributed by atoms with E-state index >= 15 is 0 Å². The smallest absolute Gasteiger partial charge is 0.174 e. The summed E-state index contributed by atoms with van der Waals surface area (Å²) in [7, 11) is 0. The zero-order valence-corrected chi connectivity index (χ0v) is 22.2. The molecule has 1 saturated heterocycles. The fourth-order valence-electron chi connectivity index (χ4n) is 4.63. The number of aryl methyl sites for hydroxylation is 1. The van der Waals surface area contributed by atoms with Crippen LogP contribution in [0, 0.1) is 13.8 Å². The molecule has 0 unspecified atom stereocenters. The van der Waals surface area contributed by atoms with Crippen molar-refractivity contribution in [1.82, 2.24) is 14.9 Å². The fraction of sp³-hybridized carbons (Fsp3) is 0.154. The van der Waals surface area contributed by atoms with E-state index in [-0.39, 0.29) is 12.1 Å². The summed E-state index contributed by atoms with van der Waals surface area (Å²) in [4.78, 5) is 6.89. The van der Waals surface area contributed by atoms with Gasteiger partial charge in [-0.2, -0.15) is 0 Å². The average molecular weight is 582 g/mol. The number of nitrogens with one attached hydrogen (secondary N) is 1. The SMILES string of the molecule is Cc1cc([C@@H]2[C@H](c3ccccn3)NC(=S)N2c2ccc(Br)cc2)c(C)n1-c1ccc(Br)cc1. The fourth-order valence-corrected chi connectivity index (χ4v) is 5.50. The Morgan fingerprint density at radius 2 is 1.52 bits per heavy atom. The zero-order chi connectivity index (χ0) is 23.1. The number of rotatable bonds is 4. The minimum Gasteiger partial charge on any atom is -0.351 e. The maximum atomic E-state index is 5.86. The minimum atomic E-state index is -0.0683. The first kappa shape index (κ1) is 22.3. The van der Waals surface area contributed by atoms with Crippen LogP contribution in [0.2, 0.25) is 0 Å². The van der Waals surface area contributed by atoms with E-state index in [9.17, 15) is 0 Å². The van der Waals surface area contributed by atoms with E-state index < -0.39 is 0 Å². The van der Waals surface area contributed by atoms with Gasteiger partial charge in [-0.1, -0.05) is 37.9 Å². The highest BCUT2D eigenvalue weighted by molar-refractivity contribution is 9.10. The lowest BCUT2D eigenvalue weighted by Crippen LogP contribution is -2.29. The zero-order valence-electron chi connectivity index (χ0n) is 18.2. The van der Waals surface area contributed by atoms with Gasteiger partial charge in [-0.15, -0.1) is 0 Å². The topological polar surface area (TPSA) is 33.1 Å². The first-order valence-corrected chi connectivity index (χ1v) is 12.6. The quantitative estimate of drug-likeness (QED) is 0.259. The van der Waals surface area contributed by atoms with Gasteiger partial charge in [0.05, 0.1) is 17.8 Å². The molecule has 33 heavy (non-hydrogen) atoms. The van der Waals surface area contributed by atoms with Crippen molar-refractivity contribution in [2.45, 2.75) is 25.9 Å². The number of hydrogen-bond acceptors (Lipinski definition) is 2. The molecule has 4 aromatic rings. The van der Waals surface area contributed by atoms with Crippen LogP contribution >= 0.6 is 44.1 Å². The molecule has 1 fully saturated rings. The third-order valence-corrected chi connectivity index (χ3v) is 7.45. The molecule has 2 aromatic carbocycles. The Labute approximate surface area is 215 Å². The van der Waals surface area contributed by atoms with Gasteiger partial charge in [0, 0.05) is 37.9 Å². The van der Waals surface area contributed by atoms with E-state index in [0.717, 1.165) is 26.0 Å². The number of nitrogens with zero attached hydrogens (tertiary/aromatic N) is 3. The largest absolute Gasteiger partial charge is 0.351 e. The summed E-state index contributed by atoms with van der Waals surface area (Å²) >= 11 is 13.0. The van der Waals surface area contributed by atoms with Gasteiger partial charge in [0.2, 0.25) is 0 Å². The second-order valence-corrected chi connectivity index (χ2v) is 10.3. The van der Waals surface area contributed by atoms with E-state index in [1.165, 1.54) is 17.0 Å². The van der Waals surface area contributed by atoms with Crippen LogP contribution in [0.5, 0.6) is 0 Å². The Hall–Kier alpha value is -2.48. The Morgan fingerprint density at radius 1 is 0.879 bits per heavy atom. The lowest BCUT2D eigenvalue weighted by molar-refractivity contribution is 0.565. The van der Waals surface area contributed by atoms with Gasteiger partial charge in [0.25, 0.3) is 0 Å². The third-order valence-electron chi connectivity index (χ3n) is 6.08. The lowest BCUT2D eigenvalue weighted by Gasteiger charge is -2.28. The molecule has 0 aliphatic carbocycles. The van der Waals surface area contributed by atoms with Gasteiger partial charge in [-0.25, -0.2) is 0 Å². The van der Waals surface area contributed by atoms with Crippen molar-refractivity contribution < 1.29 is 0 Å². The molecule has 5 rings (SSSR count). The number of aromatic nitrogens is 2. The maximum Gasteiger partial charge on any atom is 0.174 e. The number of thiocarbonyl (C=S) groups is 1.